The van der Waals surface area contributed by atoms with Crippen LogP contribution in [-0.4, -0.2) is 34.8 Å². The van der Waals surface area contributed by atoms with Crippen molar-refractivity contribution >= 4 is 22.6 Å². The normalized spacial score (nSPS) is 20.8. The topological polar surface area (TPSA) is 88.6 Å². The number of nitrogens with two attached hydrogens (primary N) is 1. The first-order chi connectivity index (χ1) is 11.5. The van der Waals surface area contributed by atoms with E-state index in [1.165, 1.54) is 12.3 Å². The minimum atomic E-state index is -1.29. The first-order valence-corrected chi connectivity index (χ1v) is 8.08. The van der Waals surface area contributed by atoms with Crippen LogP contribution in [-0.2, 0) is 0 Å². The van der Waals surface area contributed by atoms with Crippen molar-refractivity contribution in [1.82, 2.24) is 4.57 Å². The molecule has 0 radical (unpaired) electrons. The van der Waals surface area contributed by atoms with Gasteiger partial charge in [-0.15, -0.1) is 0 Å². The number of hydrogen-bond acceptors (Lipinski definition) is 4. The smallest absolute Gasteiger partial charge is 0.341 e. The van der Waals surface area contributed by atoms with E-state index in [2.05, 4.69) is 0 Å². The maximum Gasteiger partial charge on any atom is 0.341 e. The lowest BCUT2D eigenvalue weighted by Crippen LogP contribution is -2.27. The number of halogens is 1. The summed E-state index contributed by atoms with van der Waals surface area (Å²) in [7, 11) is 0. The van der Waals surface area contributed by atoms with Crippen molar-refractivity contribution in [1.29, 1.82) is 0 Å². The Kier molecular flexibility index (Phi) is 3.35. The number of nitrogens with zero attached hydrogens (tertiary/aromatic N) is 2. The van der Waals surface area contributed by atoms with Gasteiger partial charge < -0.3 is 20.3 Å². The van der Waals surface area contributed by atoms with E-state index in [0.29, 0.717) is 24.3 Å². The predicted molar refractivity (Wildman–Crippen MR) is 88.2 cm³/mol. The second-order valence-corrected chi connectivity index (χ2v) is 6.63. The Labute approximate surface area is 137 Å². The van der Waals surface area contributed by atoms with Gasteiger partial charge in [0.05, 0.1) is 11.2 Å². The molecule has 6 nitrogen and oxygen atoms in total. The molecule has 2 fully saturated rings. The molecule has 0 bridgehead atoms. The van der Waals surface area contributed by atoms with Gasteiger partial charge in [-0.2, -0.15) is 0 Å². The van der Waals surface area contributed by atoms with Gasteiger partial charge in [-0.1, -0.05) is 0 Å². The predicted octanol–water partition coefficient (Wildman–Crippen LogP) is 1.71. The van der Waals surface area contributed by atoms with Crippen LogP contribution in [0.1, 0.15) is 35.7 Å². The SMILES string of the molecule is N[C@H]1CCN(c2cc3c(cc2F)c(=O)c(C(=O)O)cn3C2CC2)C1. The van der Waals surface area contributed by atoms with Crippen molar-refractivity contribution in [2.45, 2.75) is 31.3 Å². The number of aromatic carboxylic acids is 1. The van der Waals surface area contributed by atoms with Crippen LogP contribution in [0.5, 0.6) is 0 Å². The van der Waals surface area contributed by atoms with Gasteiger partial charge >= 0.3 is 5.97 Å². The highest BCUT2D eigenvalue weighted by Crippen LogP contribution is 2.38. The highest BCUT2D eigenvalue weighted by Gasteiger charge is 2.28. The molecule has 1 aliphatic heterocycles. The zero-order valence-corrected chi connectivity index (χ0v) is 13.0. The van der Waals surface area contributed by atoms with Crippen LogP contribution < -0.4 is 16.1 Å². The van der Waals surface area contributed by atoms with Crippen molar-refractivity contribution in [3.63, 3.8) is 0 Å². The Morgan fingerprint density at radius 3 is 2.62 bits per heavy atom. The van der Waals surface area contributed by atoms with Gasteiger partial charge in [0.15, 0.2) is 0 Å². The van der Waals surface area contributed by atoms with E-state index >= 15 is 0 Å². The Morgan fingerprint density at radius 2 is 2.04 bits per heavy atom. The van der Waals surface area contributed by atoms with Crippen LogP contribution in [0, 0.1) is 5.82 Å². The van der Waals surface area contributed by atoms with Crippen molar-refractivity contribution < 1.29 is 14.3 Å². The number of benzene rings is 1. The van der Waals surface area contributed by atoms with Gasteiger partial charge in [0.25, 0.3) is 0 Å². The minimum absolute atomic E-state index is 0.0140. The van der Waals surface area contributed by atoms with Gasteiger partial charge in [0.1, 0.15) is 11.4 Å². The van der Waals surface area contributed by atoms with E-state index in [9.17, 15) is 19.1 Å². The summed E-state index contributed by atoms with van der Waals surface area (Å²) in [6, 6.07) is 3.02. The van der Waals surface area contributed by atoms with Crippen molar-refractivity contribution in [2.75, 3.05) is 18.0 Å². The summed E-state index contributed by atoms with van der Waals surface area (Å²) < 4.78 is 16.4. The van der Waals surface area contributed by atoms with Crippen LogP contribution in [0.15, 0.2) is 23.1 Å². The first kappa shape index (κ1) is 15.1. The molecule has 24 heavy (non-hydrogen) atoms. The number of aromatic nitrogens is 1. The summed E-state index contributed by atoms with van der Waals surface area (Å²) in [5, 5.41) is 9.37. The Morgan fingerprint density at radius 1 is 1.29 bits per heavy atom. The number of hydrogen-bond donors (Lipinski definition) is 2. The lowest BCUT2D eigenvalue weighted by atomic mass is 10.1. The molecule has 2 heterocycles. The van der Waals surface area contributed by atoms with Crippen molar-refractivity contribution in [3.05, 3.63) is 39.9 Å². The summed E-state index contributed by atoms with van der Waals surface area (Å²) in [6.45, 7) is 1.24. The summed E-state index contributed by atoms with van der Waals surface area (Å²) in [5.41, 5.74) is 5.96. The van der Waals surface area contributed by atoms with E-state index in [1.807, 2.05) is 4.90 Å². The minimum Gasteiger partial charge on any atom is -0.477 e. The molecule has 1 aromatic heterocycles. The third-order valence-corrected chi connectivity index (χ3v) is 4.84. The molecule has 0 spiro atoms. The van der Waals surface area contributed by atoms with E-state index in [-0.39, 0.29) is 23.0 Å². The fourth-order valence-electron chi connectivity index (χ4n) is 3.41. The number of carboxylic acid groups (broad SMARTS) is 1. The largest absolute Gasteiger partial charge is 0.477 e. The van der Waals surface area contributed by atoms with Crippen LogP contribution in [0.4, 0.5) is 10.1 Å². The molecule has 0 unspecified atom stereocenters. The number of fused-ring (bicyclic) bond motifs is 1. The van der Waals surface area contributed by atoms with Crippen molar-refractivity contribution in [2.24, 2.45) is 5.73 Å². The maximum absolute atomic E-state index is 14.6. The number of pyridine rings is 1. The quantitative estimate of drug-likeness (QED) is 0.894. The average Bonchev–Trinajstić information content (AvgIpc) is 3.28. The molecule has 1 aromatic carbocycles. The van der Waals surface area contributed by atoms with E-state index in [1.54, 1.807) is 10.6 Å². The number of carboxylic acids is 1. The molecule has 1 atom stereocenters. The van der Waals surface area contributed by atoms with Crippen LogP contribution in [0.2, 0.25) is 0 Å². The highest BCUT2D eigenvalue weighted by molar-refractivity contribution is 5.93. The summed E-state index contributed by atoms with van der Waals surface area (Å²) in [5.74, 6) is -1.80. The van der Waals surface area contributed by atoms with Gasteiger partial charge in [-0.25, -0.2) is 9.18 Å². The maximum atomic E-state index is 14.6. The lowest BCUT2D eigenvalue weighted by molar-refractivity contribution is 0.0695. The van der Waals surface area contributed by atoms with Gasteiger partial charge in [-0.3, -0.25) is 4.79 Å². The standard InChI is InChI=1S/C17H18FN3O3/c18-13-5-11-14(6-15(13)20-4-3-9(19)7-20)21(10-1-2-10)8-12(16(11)22)17(23)24/h5-6,8-10H,1-4,7,19H2,(H,23,24)/t9-/m0/s1. The fraction of sp³-hybridized carbons (Fsp3) is 0.412. The lowest BCUT2D eigenvalue weighted by Gasteiger charge is -2.21. The zero-order chi connectivity index (χ0) is 17.0. The Balaban J connectivity index is 1.95. The van der Waals surface area contributed by atoms with Crippen LogP contribution in [0.25, 0.3) is 10.9 Å². The molecule has 0 amide bonds. The summed E-state index contributed by atoms with van der Waals surface area (Å²) in [6.07, 6.45) is 4.05. The van der Waals surface area contributed by atoms with Gasteiger partial charge in [0, 0.05) is 36.8 Å². The Hall–Kier alpha value is -2.41. The molecule has 2 aromatic rings. The number of rotatable bonds is 3. The molecule has 1 aliphatic carbocycles. The second-order valence-electron chi connectivity index (χ2n) is 6.63. The summed E-state index contributed by atoms with van der Waals surface area (Å²) >= 11 is 0. The van der Waals surface area contributed by atoms with Crippen LogP contribution in [0.3, 0.4) is 0 Å². The number of anilines is 1. The third-order valence-electron chi connectivity index (χ3n) is 4.84. The molecule has 7 heteroatoms. The zero-order valence-electron chi connectivity index (χ0n) is 13.0. The molecule has 2 aliphatic rings. The van der Waals surface area contributed by atoms with E-state index in [4.69, 9.17) is 5.73 Å². The Bertz CT molecular complexity index is 904. The highest BCUT2D eigenvalue weighted by atomic mass is 19.1. The molecule has 4 rings (SSSR count). The van der Waals surface area contributed by atoms with Crippen molar-refractivity contribution in [3.8, 4) is 0 Å². The fourth-order valence-corrected chi connectivity index (χ4v) is 3.41. The summed E-state index contributed by atoms with van der Waals surface area (Å²) in [4.78, 5) is 25.6. The third kappa shape index (κ3) is 2.36. The molecule has 1 saturated heterocycles. The molecular formula is C17H18FN3O3. The molecule has 1 saturated carbocycles. The second kappa shape index (κ2) is 5.31. The number of carbonyl (C=O) groups is 1. The van der Waals surface area contributed by atoms with Gasteiger partial charge in [0.2, 0.25) is 5.43 Å². The molecule has 3 N–H and O–H groups in total. The van der Waals surface area contributed by atoms with Gasteiger partial charge in [-0.05, 0) is 31.4 Å². The van der Waals surface area contributed by atoms with Crippen LogP contribution >= 0.6 is 0 Å². The average molecular weight is 331 g/mol. The molecule has 126 valence electrons. The first-order valence-electron chi connectivity index (χ1n) is 8.08. The monoisotopic (exact) mass is 331 g/mol. The van der Waals surface area contributed by atoms with E-state index in [0.717, 1.165) is 19.3 Å². The molecular weight excluding hydrogens is 313 g/mol. The van der Waals surface area contributed by atoms with E-state index < -0.39 is 17.2 Å².